The predicted molar refractivity (Wildman–Crippen MR) is 111 cm³/mol. The van der Waals surface area contributed by atoms with Gasteiger partial charge in [0.05, 0.1) is 23.4 Å². The van der Waals surface area contributed by atoms with Crippen LogP contribution in [0.5, 0.6) is 0 Å². The molecule has 4 nitrogen and oxygen atoms in total. The summed E-state index contributed by atoms with van der Waals surface area (Å²) in [5.74, 6) is -0.561. The topological polar surface area (TPSA) is 63.0 Å². The molecule has 1 heterocycles. The highest BCUT2D eigenvalue weighted by atomic mass is 35.5. The van der Waals surface area contributed by atoms with Crippen LogP contribution in [0.1, 0.15) is 22.8 Å². The molecule has 0 radical (unpaired) electrons. The Morgan fingerprint density at radius 1 is 1.11 bits per heavy atom. The molecule has 0 bridgehead atoms. The number of carbonyl (C=O) groups excluding carboxylic acids is 1. The second kappa shape index (κ2) is 9.11. The van der Waals surface area contributed by atoms with Gasteiger partial charge in [0, 0.05) is 20.5 Å². The number of esters is 1. The Labute approximate surface area is 177 Å². The van der Waals surface area contributed by atoms with Crippen LogP contribution in [-0.4, -0.2) is 17.6 Å². The Balaban J connectivity index is 2.14. The molecule has 0 aliphatic rings. The molecule has 0 N–H and O–H groups in total. The van der Waals surface area contributed by atoms with Gasteiger partial charge in [-0.1, -0.05) is 47.1 Å². The average molecular weight is 429 g/mol. The summed E-state index contributed by atoms with van der Waals surface area (Å²) in [5.41, 5.74) is 1.68. The fourth-order valence-corrected chi connectivity index (χ4v) is 3.61. The normalized spacial score (nSPS) is 10.4. The van der Waals surface area contributed by atoms with Gasteiger partial charge in [-0.05, 0) is 49.4 Å². The Kier molecular flexibility index (Phi) is 6.58. The lowest BCUT2D eigenvalue weighted by molar-refractivity contribution is 0.0525. The molecule has 0 spiro atoms. The van der Waals surface area contributed by atoms with E-state index in [0.29, 0.717) is 20.8 Å². The number of rotatable bonds is 5. The largest absolute Gasteiger partial charge is 0.462 e. The van der Waals surface area contributed by atoms with Crippen molar-refractivity contribution < 1.29 is 9.53 Å². The van der Waals surface area contributed by atoms with Crippen molar-refractivity contribution in [3.8, 4) is 17.3 Å². The smallest absolute Gasteiger partial charge is 0.339 e. The van der Waals surface area contributed by atoms with E-state index in [-0.39, 0.29) is 17.7 Å². The molecule has 0 unspecified atom stereocenters. The van der Waals surface area contributed by atoms with Gasteiger partial charge in [0.15, 0.2) is 0 Å². The molecule has 0 saturated heterocycles. The van der Waals surface area contributed by atoms with Gasteiger partial charge in [-0.15, -0.1) is 0 Å². The predicted octanol–water partition coefficient (Wildman–Crippen LogP) is 6.25. The fraction of sp³-hybridized carbons (Fsp3) is 0.0952. The fourth-order valence-electron chi connectivity index (χ4n) is 2.46. The second-order valence-electron chi connectivity index (χ2n) is 5.63. The summed E-state index contributed by atoms with van der Waals surface area (Å²) in [6.45, 7) is 1.93. The van der Waals surface area contributed by atoms with Gasteiger partial charge in [0.25, 0.3) is 0 Å². The number of pyridine rings is 1. The first kappa shape index (κ1) is 20.2. The number of carbonyl (C=O) groups is 1. The highest BCUT2D eigenvalue weighted by molar-refractivity contribution is 7.99. The summed E-state index contributed by atoms with van der Waals surface area (Å²) in [7, 11) is 0. The summed E-state index contributed by atoms with van der Waals surface area (Å²) in [4.78, 5) is 17.9. The molecular formula is C21H14Cl2N2O2S. The SMILES string of the molecule is CCOC(=O)c1cc(-c2ccc(Cl)cc2)nc(Sc2ccc(Cl)cc2)c1C#N. The minimum absolute atomic E-state index is 0.177. The van der Waals surface area contributed by atoms with Crippen LogP contribution in [0.15, 0.2) is 64.5 Å². The minimum Gasteiger partial charge on any atom is -0.462 e. The maximum Gasteiger partial charge on any atom is 0.339 e. The van der Waals surface area contributed by atoms with E-state index < -0.39 is 5.97 Å². The minimum atomic E-state index is -0.561. The standard InChI is InChI=1S/C21H14Cl2N2O2S/c1-2-27-21(26)17-11-19(13-3-5-14(22)6-4-13)25-20(18(17)12-24)28-16-9-7-15(23)8-10-16/h3-11H,2H2,1H3. The van der Waals surface area contributed by atoms with Crippen molar-refractivity contribution in [1.82, 2.24) is 4.98 Å². The van der Waals surface area contributed by atoms with Crippen molar-refractivity contribution in [1.29, 1.82) is 5.26 Å². The van der Waals surface area contributed by atoms with Gasteiger partial charge in [-0.25, -0.2) is 9.78 Å². The third-order valence-electron chi connectivity index (χ3n) is 3.76. The van der Waals surface area contributed by atoms with Crippen molar-refractivity contribution in [3.63, 3.8) is 0 Å². The van der Waals surface area contributed by atoms with Gasteiger partial charge in [0.1, 0.15) is 11.1 Å². The number of aromatic nitrogens is 1. The molecule has 0 atom stereocenters. The van der Waals surface area contributed by atoms with Crippen molar-refractivity contribution in [2.45, 2.75) is 16.8 Å². The van der Waals surface area contributed by atoms with E-state index in [1.54, 1.807) is 37.3 Å². The van der Waals surface area contributed by atoms with Gasteiger partial charge >= 0.3 is 5.97 Å². The summed E-state index contributed by atoms with van der Waals surface area (Å²) in [6, 6.07) is 17.9. The Bertz CT molecular complexity index is 1050. The van der Waals surface area contributed by atoms with Gasteiger partial charge in [-0.2, -0.15) is 5.26 Å². The zero-order valence-corrected chi connectivity index (χ0v) is 17.1. The third-order valence-corrected chi connectivity index (χ3v) is 5.26. The van der Waals surface area contributed by atoms with Crippen LogP contribution in [0.4, 0.5) is 0 Å². The maximum absolute atomic E-state index is 12.5. The van der Waals surface area contributed by atoms with Crippen LogP contribution in [0.25, 0.3) is 11.3 Å². The van der Waals surface area contributed by atoms with Crippen LogP contribution in [0.2, 0.25) is 10.0 Å². The van der Waals surface area contributed by atoms with Crippen LogP contribution < -0.4 is 0 Å². The molecule has 0 fully saturated rings. The molecule has 140 valence electrons. The lowest BCUT2D eigenvalue weighted by Crippen LogP contribution is -2.09. The zero-order valence-electron chi connectivity index (χ0n) is 14.8. The first-order valence-electron chi connectivity index (χ1n) is 8.33. The lowest BCUT2D eigenvalue weighted by Gasteiger charge is -2.12. The molecule has 3 aromatic rings. The Hall–Kier alpha value is -2.52. The molecule has 0 aliphatic heterocycles. The zero-order chi connectivity index (χ0) is 20.1. The van der Waals surface area contributed by atoms with Crippen LogP contribution >= 0.6 is 35.0 Å². The maximum atomic E-state index is 12.5. The number of hydrogen-bond acceptors (Lipinski definition) is 5. The number of hydrogen-bond donors (Lipinski definition) is 0. The molecule has 0 saturated carbocycles. The number of ether oxygens (including phenoxy) is 1. The molecule has 3 rings (SSSR count). The van der Waals surface area contributed by atoms with E-state index in [0.717, 1.165) is 10.5 Å². The summed E-state index contributed by atoms with van der Waals surface area (Å²) in [5, 5.41) is 11.3. The van der Waals surface area contributed by atoms with Crippen molar-refractivity contribution in [2.75, 3.05) is 6.61 Å². The highest BCUT2D eigenvalue weighted by Gasteiger charge is 2.21. The number of benzene rings is 2. The second-order valence-corrected chi connectivity index (χ2v) is 7.57. The first-order chi connectivity index (χ1) is 13.5. The van der Waals surface area contributed by atoms with Gasteiger partial charge in [-0.3, -0.25) is 0 Å². The number of nitrogens with zero attached hydrogens (tertiary/aromatic N) is 2. The average Bonchev–Trinajstić information content (AvgIpc) is 2.70. The quantitative estimate of drug-likeness (QED) is 0.449. The Morgan fingerprint density at radius 3 is 2.29 bits per heavy atom. The monoisotopic (exact) mass is 428 g/mol. The lowest BCUT2D eigenvalue weighted by atomic mass is 10.1. The Morgan fingerprint density at radius 2 is 1.71 bits per heavy atom. The van der Waals surface area contributed by atoms with Gasteiger partial charge in [0.2, 0.25) is 0 Å². The van der Waals surface area contributed by atoms with E-state index in [4.69, 9.17) is 27.9 Å². The molecule has 1 aromatic heterocycles. The van der Waals surface area contributed by atoms with Crippen molar-refractivity contribution >= 4 is 40.9 Å². The molecule has 0 amide bonds. The van der Waals surface area contributed by atoms with Crippen molar-refractivity contribution in [3.05, 3.63) is 75.8 Å². The van der Waals surface area contributed by atoms with Crippen molar-refractivity contribution in [2.24, 2.45) is 0 Å². The molecule has 7 heteroatoms. The summed E-state index contributed by atoms with van der Waals surface area (Å²) >= 11 is 13.2. The van der Waals surface area contributed by atoms with Crippen LogP contribution in [0.3, 0.4) is 0 Å². The number of nitriles is 1. The molecule has 0 aliphatic carbocycles. The van der Waals surface area contributed by atoms with E-state index >= 15 is 0 Å². The molecule has 2 aromatic carbocycles. The van der Waals surface area contributed by atoms with E-state index in [1.807, 2.05) is 24.3 Å². The third kappa shape index (κ3) is 4.66. The highest BCUT2D eigenvalue weighted by Crippen LogP contribution is 2.34. The van der Waals surface area contributed by atoms with E-state index in [9.17, 15) is 10.1 Å². The van der Waals surface area contributed by atoms with E-state index in [1.165, 1.54) is 11.8 Å². The summed E-state index contributed by atoms with van der Waals surface area (Å²) in [6.07, 6.45) is 0. The first-order valence-corrected chi connectivity index (χ1v) is 9.90. The molecule has 28 heavy (non-hydrogen) atoms. The summed E-state index contributed by atoms with van der Waals surface area (Å²) < 4.78 is 5.14. The van der Waals surface area contributed by atoms with E-state index in [2.05, 4.69) is 11.1 Å². The van der Waals surface area contributed by atoms with Crippen LogP contribution in [-0.2, 0) is 4.74 Å². The van der Waals surface area contributed by atoms with Gasteiger partial charge < -0.3 is 4.74 Å². The molecular weight excluding hydrogens is 415 g/mol. The van der Waals surface area contributed by atoms with Crippen LogP contribution in [0, 0.1) is 11.3 Å². The number of halogens is 2.